The van der Waals surface area contributed by atoms with Crippen LogP contribution < -0.4 is 5.19 Å². The summed E-state index contributed by atoms with van der Waals surface area (Å²) in [5, 5.41) is 14.7. The van der Waals surface area contributed by atoms with Gasteiger partial charge < -0.3 is 9.52 Å². The van der Waals surface area contributed by atoms with Crippen LogP contribution in [0.3, 0.4) is 0 Å². The van der Waals surface area contributed by atoms with Crippen LogP contribution in [0, 0.1) is 19.9 Å². The van der Waals surface area contributed by atoms with Crippen molar-refractivity contribution in [1.82, 2.24) is 4.98 Å². The van der Waals surface area contributed by atoms with Crippen LogP contribution in [0.4, 0.5) is 0 Å². The molecule has 8 aromatic rings. The number of nitrogens with zero attached hydrogens (tertiary/aromatic N) is 1. The Morgan fingerprint density at radius 3 is 2.06 bits per heavy atom. The molecule has 2 heterocycles. The average Bonchev–Trinajstić information content (AvgIpc) is 3.53. The van der Waals surface area contributed by atoms with Crippen LogP contribution in [0.25, 0.3) is 61.0 Å². The molecular formula is C47H40IrNO3Si-. The van der Waals surface area contributed by atoms with E-state index in [1.165, 1.54) is 22.2 Å². The number of rotatable bonds is 6. The number of aliphatic hydroxyl groups excluding tert-OH is 1. The molecule has 0 spiro atoms. The first kappa shape index (κ1) is 37.4. The zero-order chi connectivity index (χ0) is 36.4. The van der Waals surface area contributed by atoms with E-state index in [4.69, 9.17) is 9.40 Å². The minimum Gasteiger partial charge on any atom is -0.507 e. The van der Waals surface area contributed by atoms with Crippen LogP contribution >= 0.6 is 0 Å². The Morgan fingerprint density at radius 2 is 1.36 bits per heavy atom. The first-order valence-corrected chi connectivity index (χ1v) is 21.0. The van der Waals surface area contributed by atoms with Gasteiger partial charge in [0, 0.05) is 59.0 Å². The summed E-state index contributed by atoms with van der Waals surface area (Å²) in [6, 6.07) is 49.5. The van der Waals surface area contributed by atoms with Gasteiger partial charge in [-0.2, -0.15) is 0 Å². The maximum atomic E-state index is 11.8. The summed E-state index contributed by atoms with van der Waals surface area (Å²) >= 11 is 0. The van der Waals surface area contributed by atoms with Crippen LogP contribution in [-0.2, 0) is 20.1 Å². The van der Waals surface area contributed by atoms with Gasteiger partial charge in [-0.15, -0.1) is 34.9 Å². The molecule has 0 saturated heterocycles. The summed E-state index contributed by atoms with van der Waals surface area (Å²) < 4.78 is 6.45. The summed E-state index contributed by atoms with van der Waals surface area (Å²) in [5.74, 6) is -0.216. The first-order chi connectivity index (χ1) is 25.0. The fourth-order valence-corrected chi connectivity index (χ4v) is 7.71. The minimum absolute atomic E-state index is 0. The van der Waals surface area contributed by atoms with E-state index < -0.39 is 8.07 Å². The molecule has 6 heteroatoms. The normalized spacial score (nSPS) is 11.6. The van der Waals surface area contributed by atoms with Gasteiger partial charge in [-0.05, 0) is 23.4 Å². The second kappa shape index (κ2) is 15.7. The predicted molar refractivity (Wildman–Crippen MR) is 219 cm³/mol. The van der Waals surface area contributed by atoms with Crippen LogP contribution in [0.2, 0.25) is 19.6 Å². The van der Waals surface area contributed by atoms with E-state index in [0.29, 0.717) is 11.1 Å². The average molecular weight is 887 g/mol. The largest absolute Gasteiger partial charge is 0.507 e. The molecule has 8 rings (SSSR count). The van der Waals surface area contributed by atoms with Gasteiger partial charge >= 0.3 is 0 Å². The minimum atomic E-state index is -1.50. The fourth-order valence-electron chi connectivity index (χ4n) is 6.55. The summed E-state index contributed by atoms with van der Waals surface area (Å²) in [7, 11) is -1.50. The Labute approximate surface area is 325 Å². The molecule has 0 aliphatic rings. The molecule has 0 bridgehead atoms. The van der Waals surface area contributed by atoms with E-state index >= 15 is 0 Å². The molecule has 0 amide bonds. The second-order valence-electron chi connectivity index (χ2n) is 14.2. The Hall–Kier alpha value is -5.39. The molecule has 0 fully saturated rings. The molecule has 0 aliphatic heterocycles. The predicted octanol–water partition coefficient (Wildman–Crippen LogP) is 11.9. The van der Waals surface area contributed by atoms with E-state index in [0.717, 1.165) is 55.4 Å². The van der Waals surface area contributed by atoms with Crippen molar-refractivity contribution in [3.05, 3.63) is 174 Å². The third kappa shape index (κ3) is 8.16. The van der Waals surface area contributed by atoms with Crippen molar-refractivity contribution in [2.24, 2.45) is 0 Å². The Kier molecular flexibility index (Phi) is 11.1. The van der Waals surface area contributed by atoms with E-state index in [-0.39, 0.29) is 31.6 Å². The number of hydrogen-bond acceptors (Lipinski definition) is 4. The number of aliphatic hydroxyl groups is 1. The van der Waals surface area contributed by atoms with Crippen molar-refractivity contribution in [3.63, 3.8) is 0 Å². The van der Waals surface area contributed by atoms with Crippen molar-refractivity contribution < 1.29 is 34.4 Å². The number of para-hydroxylation sites is 2. The van der Waals surface area contributed by atoms with Crippen LogP contribution in [0.5, 0.6) is 0 Å². The number of ketones is 1. The van der Waals surface area contributed by atoms with Gasteiger partial charge in [0.2, 0.25) is 0 Å². The van der Waals surface area contributed by atoms with Crippen molar-refractivity contribution in [2.45, 2.75) is 33.5 Å². The molecule has 4 nitrogen and oxygen atoms in total. The maximum absolute atomic E-state index is 11.8. The van der Waals surface area contributed by atoms with Gasteiger partial charge in [-0.1, -0.05) is 154 Å². The molecule has 53 heavy (non-hydrogen) atoms. The van der Waals surface area contributed by atoms with Gasteiger partial charge in [0.1, 0.15) is 16.9 Å². The number of fused-ring (bicyclic) bond motifs is 4. The monoisotopic (exact) mass is 887 g/mol. The van der Waals surface area contributed by atoms with Gasteiger partial charge in [-0.25, -0.2) is 0 Å². The number of furan rings is 1. The number of aromatic nitrogens is 1. The number of carbonyl (C=O) groups excluding carboxylic acids is 1. The topological polar surface area (TPSA) is 63.3 Å². The SMILES string of the molecule is Cc1[c-]c(-c2cc(-c3cccc4c3oc3ccccc34)c3cc([Si](C)(C)C)ccc3n2)cc(C)c1.O=C(/C=C(\O)c1ccccc1)c1ccccc1.[Ir]. The standard InChI is InChI=1S/C32H28NOSi.C15H12O2.Ir/c1-20-15-21(2)17-22(16-20)30-19-27(28-18-23(35(3,4)5)13-14-29(28)33-30)26-11-8-10-25-24-9-6-7-12-31(24)34-32(25)26;16-14(12-7-3-1-4-8-12)11-15(17)13-9-5-2-6-10-13;/h6-16,18-19H,1-5H3;1-11,16H;/q-1;;/b;14-11-;. The third-order valence-electron chi connectivity index (χ3n) is 9.19. The number of benzene rings is 6. The van der Waals surface area contributed by atoms with E-state index in [1.54, 1.807) is 36.4 Å². The summed E-state index contributed by atoms with van der Waals surface area (Å²) in [5.41, 5.74) is 10.6. The molecule has 0 saturated carbocycles. The summed E-state index contributed by atoms with van der Waals surface area (Å²) in [6.45, 7) is 11.4. The molecule has 0 aliphatic carbocycles. The molecule has 1 N–H and O–H groups in total. The molecule has 0 atom stereocenters. The van der Waals surface area contributed by atoms with E-state index in [9.17, 15) is 9.90 Å². The first-order valence-electron chi connectivity index (χ1n) is 17.5. The molecule has 0 unspecified atom stereocenters. The number of allylic oxidation sites excluding steroid dienone is 1. The number of hydrogen-bond donors (Lipinski definition) is 1. The van der Waals surface area contributed by atoms with Gasteiger partial charge in [0.25, 0.3) is 0 Å². The van der Waals surface area contributed by atoms with Gasteiger partial charge in [0.05, 0.1) is 13.6 Å². The zero-order valence-electron chi connectivity index (χ0n) is 30.4. The number of pyridine rings is 1. The van der Waals surface area contributed by atoms with Gasteiger partial charge in [0.15, 0.2) is 5.78 Å². The summed E-state index contributed by atoms with van der Waals surface area (Å²) in [4.78, 5) is 16.9. The Morgan fingerprint density at radius 1 is 0.698 bits per heavy atom. The second-order valence-corrected chi connectivity index (χ2v) is 19.3. The van der Waals surface area contributed by atoms with Crippen molar-refractivity contribution in [2.75, 3.05) is 0 Å². The molecular weight excluding hydrogens is 847 g/mol. The van der Waals surface area contributed by atoms with Crippen LogP contribution in [0.15, 0.2) is 150 Å². The van der Waals surface area contributed by atoms with E-state index in [2.05, 4.69) is 106 Å². The summed E-state index contributed by atoms with van der Waals surface area (Å²) in [6.07, 6.45) is 1.24. The Bertz CT molecular complexity index is 2580. The van der Waals surface area contributed by atoms with Crippen molar-refractivity contribution in [1.29, 1.82) is 0 Å². The fraction of sp³-hybridized carbons (Fsp3) is 0.106. The quantitative estimate of drug-likeness (QED) is 0.0594. The molecule has 265 valence electrons. The van der Waals surface area contributed by atoms with Crippen molar-refractivity contribution in [3.8, 4) is 22.4 Å². The molecule has 1 radical (unpaired) electrons. The number of carbonyl (C=O) groups is 1. The maximum Gasteiger partial charge on any atom is 0.189 e. The van der Waals surface area contributed by atoms with E-state index in [1.807, 2.05) is 36.4 Å². The number of aryl methyl sites for hydroxylation is 2. The van der Waals surface area contributed by atoms with Crippen LogP contribution in [0.1, 0.15) is 27.0 Å². The third-order valence-corrected chi connectivity index (χ3v) is 11.2. The smallest absolute Gasteiger partial charge is 0.189 e. The van der Waals surface area contributed by atoms with Crippen molar-refractivity contribution >= 4 is 57.6 Å². The zero-order valence-corrected chi connectivity index (χ0v) is 33.8. The van der Waals surface area contributed by atoms with Gasteiger partial charge in [-0.3, -0.25) is 9.78 Å². The molecule has 2 aromatic heterocycles. The van der Waals surface area contributed by atoms with Crippen LogP contribution in [-0.4, -0.2) is 23.9 Å². The molecule has 6 aromatic carbocycles. The Balaban J connectivity index is 0.000000226.